The van der Waals surface area contributed by atoms with Crippen LogP contribution < -0.4 is 4.72 Å². The lowest BCUT2D eigenvalue weighted by Crippen LogP contribution is -2.35. The van der Waals surface area contributed by atoms with Gasteiger partial charge in [0.1, 0.15) is 0 Å². The van der Waals surface area contributed by atoms with E-state index in [9.17, 15) is 8.42 Å². The number of hydrogen-bond acceptors (Lipinski definition) is 2. The molecule has 0 aliphatic carbocycles. The van der Waals surface area contributed by atoms with Crippen LogP contribution >= 0.6 is 11.6 Å². The second-order valence-electron chi connectivity index (χ2n) is 5.39. The van der Waals surface area contributed by atoms with Gasteiger partial charge < -0.3 is 0 Å². The highest BCUT2D eigenvalue weighted by molar-refractivity contribution is 7.89. The summed E-state index contributed by atoms with van der Waals surface area (Å²) in [7, 11) is -3.47. The lowest BCUT2D eigenvalue weighted by molar-refractivity contribution is 0.414. The number of benzene rings is 1. The molecule has 0 bridgehead atoms. The van der Waals surface area contributed by atoms with E-state index in [1.165, 1.54) is 0 Å². The number of rotatable bonds is 5. The minimum absolute atomic E-state index is 0.258. The Hall–Kier alpha value is -0.580. The zero-order valence-electron chi connectivity index (χ0n) is 11.2. The van der Waals surface area contributed by atoms with Crippen LogP contribution in [0.3, 0.4) is 0 Å². The van der Waals surface area contributed by atoms with Crippen LogP contribution in [-0.4, -0.2) is 20.8 Å². The Bertz CT molecular complexity index is 524. The van der Waals surface area contributed by atoms with E-state index < -0.39 is 10.0 Å². The molecule has 18 heavy (non-hydrogen) atoms. The van der Waals surface area contributed by atoms with Crippen molar-refractivity contribution in [2.24, 2.45) is 5.41 Å². The first-order chi connectivity index (χ1) is 8.18. The van der Waals surface area contributed by atoms with Gasteiger partial charge in [-0.3, -0.25) is 0 Å². The monoisotopic (exact) mass is 289 g/mol. The summed E-state index contributed by atoms with van der Waals surface area (Å²) in [6.45, 7) is 7.84. The fourth-order valence-electron chi connectivity index (χ4n) is 1.41. The summed E-state index contributed by atoms with van der Waals surface area (Å²) in [6, 6.07) is 5.40. The molecular weight excluding hydrogens is 270 g/mol. The van der Waals surface area contributed by atoms with Gasteiger partial charge in [0.2, 0.25) is 10.0 Å². The van der Waals surface area contributed by atoms with Crippen molar-refractivity contribution in [3.8, 4) is 0 Å². The van der Waals surface area contributed by atoms with Crippen molar-refractivity contribution in [3.63, 3.8) is 0 Å². The van der Waals surface area contributed by atoms with E-state index in [1.807, 2.05) is 32.9 Å². The summed E-state index contributed by atoms with van der Waals surface area (Å²) < 4.78 is 27.0. The Morgan fingerprint density at radius 1 is 1.28 bits per heavy atom. The van der Waals surface area contributed by atoms with Gasteiger partial charge in [0, 0.05) is 12.4 Å². The van der Waals surface area contributed by atoms with Crippen LogP contribution in [0.4, 0.5) is 0 Å². The standard InChI is InChI=1S/C13H20ClNO2S/c1-10-5-6-11(2)12(7-10)18(16,17)15-9-13(3,4)8-14/h5-7,15H,8-9H2,1-4H3. The molecular formula is C13H20ClNO2S. The number of alkyl halides is 1. The summed E-state index contributed by atoms with van der Waals surface area (Å²) in [5.74, 6) is 0.405. The predicted octanol–water partition coefficient (Wildman–Crippen LogP) is 2.85. The van der Waals surface area contributed by atoms with E-state index in [0.29, 0.717) is 17.3 Å². The molecule has 1 N–H and O–H groups in total. The highest BCUT2D eigenvalue weighted by Gasteiger charge is 2.22. The Kier molecular flexibility index (Phi) is 4.81. The zero-order valence-corrected chi connectivity index (χ0v) is 12.8. The molecule has 0 fully saturated rings. The van der Waals surface area contributed by atoms with Crippen molar-refractivity contribution < 1.29 is 8.42 Å². The molecule has 1 aromatic carbocycles. The zero-order chi connectivity index (χ0) is 14.0. The quantitative estimate of drug-likeness (QED) is 0.847. The first-order valence-corrected chi connectivity index (χ1v) is 7.83. The van der Waals surface area contributed by atoms with Crippen molar-refractivity contribution in [2.75, 3.05) is 12.4 Å². The SMILES string of the molecule is Cc1ccc(C)c(S(=O)(=O)NCC(C)(C)CCl)c1. The van der Waals surface area contributed by atoms with Crippen LogP contribution in [0.2, 0.25) is 0 Å². The number of halogens is 1. The minimum Gasteiger partial charge on any atom is -0.211 e. The molecule has 0 aromatic heterocycles. The first-order valence-electron chi connectivity index (χ1n) is 5.81. The number of sulfonamides is 1. The molecule has 0 unspecified atom stereocenters. The molecule has 102 valence electrons. The maximum atomic E-state index is 12.2. The normalized spacial score (nSPS) is 12.7. The molecule has 1 rings (SSSR count). The number of aryl methyl sites for hydroxylation is 2. The molecule has 0 radical (unpaired) electrons. The third kappa shape index (κ3) is 3.97. The summed E-state index contributed by atoms with van der Waals surface area (Å²) >= 11 is 5.79. The molecule has 0 aliphatic heterocycles. The third-order valence-electron chi connectivity index (χ3n) is 2.74. The van der Waals surface area contributed by atoms with Crippen LogP contribution in [0.1, 0.15) is 25.0 Å². The molecule has 0 aliphatic rings. The predicted molar refractivity (Wildman–Crippen MR) is 75.6 cm³/mol. The van der Waals surface area contributed by atoms with E-state index >= 15 is 0 Å². The molecule has 0 amide bonds. The Morgan fingerprint density at radius 2 is 1.89 bits per heavy atom. The topological polar surface area (TPSA) is 46.2 Å². The second kappa shape index (κ2) is 5.59. The van der Waals surface area contributed by atoms with E-state index in [-0.39, 0.29) is 5.41 Å². The van der Waals surface area contributed by atoms with Gasteiger partial charge in [0.25, 0.3) is 0 Å². The molecule has 0 saturated carbocycles. The van der Waals surface area contributed by atoms with Crippen LogP contribution in [0.5, 0.6) is 0 Å². The van der Waals surface area contributed by atoms with Gasteiger partial charge >= 0.3 is 0 Å². The van der Waals surface area contributed by atoms with Crippen molar-refractivity contribution in [2.45, 2.75) is 32.6 Å². The highest BCUT2D eigenvalue weighted by atomic mass is 35.5. The van der Waals surface area contributed by atoms with E-state index in [4.69, 9.17) is 11.6 Å². The lowest BCUT2D eigenvalue weighted by Gasteiger charge is -2.22. The Morgan fingerprint density at radius 3 is 2.44 bits per heavy atom. The van der Waals surface area contributed by atoms with Gasteiger partial charge in [0.05, 0.1) is 4.90 Å². The number of hydrogen-bond donors (Lipinski definition) is 1. The first kappa shape index (κ1) is 15.5. The average Bonchev–Trinajstić information content (AvgIpc) is 2.30. The molecule has 1 aromatic rings. The van der Waals surface area contributed by atoms with E-state index in [0.717, 1.165) is 11.1 Å². The summed E-state index contributed by atoms with van der Waals surface area (Å²) in [4.78, 5) is 0.341. The maximum Gasteiger partial charge on any atom is 0.240 e. The van der Waals surface area contributed by atoms with Gasteiger partial charge in [-0.1, -0.05) is 26.0 Å². The van der Waals surface area contributed by atoms with E-state index in [2.05, 4.69) is 4.72 Å². The summed E-state index contributed by atoms with van der Waals surface area (Å²) in [5.41, 5.74) is 1.42. The van der Waals surface area contributed by atoms with Gasteiger partial charge in [-0.25, -0.2) is 13.1 Å². The molecule has 5 heteroatoms. The smallest absolute Gasteiger partial charge is 0.211 e. The van der Waals surface area contributed by atoms with Gasteiger partial charge in [-0.05, 0) is 36.5 Å². The summed E-state index contributed by atoms with van der Waals surface area (Å²) in [6.07, 6.45) is 0. The van der Waals surface area contributed by atoms with Gasteiger partial charge in [-0.2, -0.15) is 0 Å². The van der Waals surface area contributed by atoms with Crippen LogP contribution in [0, 0.1) is 19.3 Å². The molecule has 3 nitrogen and oxygen atoms in total. The lowest BCUT2D eigenvalue weighted by atomic mass is 9.97. The highest BCUT2D eigenvalue weighted by Crippen LogP contribution is 2.19. The van der Waals surface area contributed by atoms with Crippen LogP contribution in [0.15, 0.2) is 23.1 Å². The minimum atomic E-state index is -3.47. The molecule has 0 atom stereocenters. The van der Waals surface area contributed by atoms with Crippen LogP contribution in [-0.2, 0) is 10.0 Å². The molecule has 0 saturated heterocycles. The van der Waals surface area contributed by atoms with E-state index in [1.54, 1.807) is 13.0 Å². The van der Waals surface area contributed by atoms with Gasteiger partial charge in [0.15, 0.2) is 0 Å². The van der Waals surface area contributed by atoms with Crippen molar-refractivity contribution in [3.05, 3.63) is 29.3 Å². The van der Waals surface area contributed by atoms with Gasteiger partial charge in [-0.15, -0.1) is 11.6 Å². The summed E-state index contributed by atoms with van der Waals surface area (Å²) in [5, 5.41) is 0. The third-order valence-corrected chi connectivity index (χ3v) is 5.00. The fourth-order valence-corrected chi connectivity index (χ4v) is 3.08. The maximum absolute atomic E-state index is 12.2. The van der Waals surface area contributed by atoms with Crippen LogP contribution in [0.25, 0.3) is 0 Å². The Balaban J connectivity index is 2.97. The van der Waals surface area contributed by atoms with Crippen molar-refractivity contribution >= 4 is 21.6 Å². The Labute approximate surface area is 115 Å². The van der Waals surface area contributed by atoms with Crippen molar-refractivity contribution in [1.29, 1.82) is 0 Å². The number of nitrogens with one attached hydrogen (secondary N) is 1. The second-order valence-corrected chi connectivity index (χ2v) is 7.39. The fraction of sp³-hybridized carbons (Fsp3) is 0.538. The molecule has 0 heterocycles. The van der Waals surface area contributed by atoms with Crippen molar-refractivity contribution in [1.82, 2.24) is 4.72 Å². The average molecular weight is 290 g/mol. The largest absolute Gasteiger partial charge is 0.240 e. The molecule has 0 spiro atoms.